The third kappa shape index (κ3) is 5.33. The zero-order valence-corrected chi connectivity index (χ0v) is 17.4. The van der Waals surface area contributed by atoms with Gasteiger partial charge in [-0.15, -0.1) is 0 Å². The quantitative estimate of drug-likeness (QED) is 0.636. The Morgan fingerprint density at radius 1 is 1.37 bits per heavy atom. The first kappa shape index (κ1) is 22.6. The minimum Gasteiger partial charge on any atom is -0.370 e. The molecule has 0 radical (unpaired) electrons. The number of benzene rings is 1. The molecule has 0 unspecified atom stereocenters. The summed E-state index contributed by atoms with van der Waals surface area (Å²) in [6, 6.07) is 4.05. The summed E-state index contributed by atoms with van der Waals surface area (Å²) in [4.78, 5) is 28.4. The molecule has 1 saturated heterocycles. The first-order valence-corrected chi connectivity index (χ1v) is 10.4. The average molecular weight is 424 g/mol. The normalized spacial score (nSPS) is 18.4. The van der Waals surface area contributed by atoms with Gasteiger partial charge in [0.05, 0.1) is 12.3 Å². The summed E-state index contributed by atoms with van der Waals surface area (Å²) in [5.74, 6) is -0.291. The number of halogens is 2. The first-order valence-electron chi connectivity index (χ1n) is 10.4. The van der Waals surface area contributed by atoms with Gasteiger partial charge in [-0.25, -0.2) is 8.78 Å². The number of nitrogens with two attached hydrogens (primary N) is 1. The molecule has 1 aliphatic carbocycles. The topological polar surface area (TPSA) is 87.9 Å². The van der Waals surface area contributed by atoms with Crippen LogP contribution in [0.15, 0.2) is 18.2 Å². The highest BCUT2D eigenvalue weighted by molar-refractivity contribution is 5.98. The van der Waals surface area contributed by atoms with E-state index in [9.17, 15) is 18.4 Å². The van der Waals surface area contributed by atoms with Crippen LogP contribution in [0.1, 0.15) is 38.7 Å². The average Bonchev–Trinajstić information content (AvgIpc) is 3.53. The fourth-order valence-electron chi connectivity index (χ4n) is 3.80. The van der Waals surface area contributed by atoms with Crippen LogP contribution in [0.4, 0.5) is 20.2 Å². The molecule has 2 aliphatic rings. The van der Waals surface area contributed by atoms with Crippen molar-refractivity contribution in [3.8, 4) is 0 Å². The minimum absolute atomic E-state index is 0.133. The predicted molar refractivity (Wildman–Crippen MR) is 111 cm³/mol. The van der Waals surface area contributed by atoms with E-state index in [4.69, 9.17) is 10.5 Å². The lowest BCUT2D eigenvalue weighted by Gasteiger charge is -2.31. The molecule has 1 atom stereocenters. The van der Waals surface area contributed by atoms with E-state index in [0.29, 0.717) is 12.0 Å². The number of carbonyl (C=O) groups excluding carboxylic acids is 2. The number of carbonyl (C=O) groups is 2. The smallest absolute Gasteiger partial charge is 0.265 e. The largest absolute Gasteiger partial charge is 0.370 e. The van der Waals surface area contributed by atoms with Crippen molar-refractivity contribution in [3.63, 3.8) is 0 Å². The highest BCUT2D eigenvalue weighted by atomic mass is 19.3. The van der Waals surface area contributed by atoms with Gasteiger partial charge in [0, 0.05) is 36.9 Å². The van der Waals surface area contributed by atoms with Crippen LogP contribution in [0.3, 0.4) is 0 Å². The van der Waals surface area contributed by atoms with Crippen molar-refractivity contribution in [2.24, 2.45) is 11.7 Å². The Bertz CT molecular complexity index is 771. The molecule has 0 aromatic heterocycles. The second kappa shape index (κ2) is 9.80. The molecule has 30 heavy (non-hydrogen) atoms. The molecular formula is C21H30F2N4O3. The van der Waals surface area contributed by atoms with Gasteiger partial charge in [-0.2, -0.15) is 0 Å². The van der Waals surface area contributed by atoms with Crippen LogP contribution in [0.25, 0.3) is 0 Å². The van der Waals surface area contributed by atoms with Gasteiger partial charge in [0.25, 0.3) is 12.3 Å². The van der Waals surface area contributed by atoms with Crippen LogP contribution >= 0.6 is 0 Å². The molecule has 7 nitrogen and oxygen atoms in total. The number of rotatable bonds is 9. The molecule has 1 heterocycles. The van der Waals surface area contributed by atoms with E-state index in [2.05, 4.69) is 24.1 Å². The van der Waals surface area contributed by atoms with Gasteiger partial charge in [0.15, 0.2) is 0 Å². The van der Waals surface area contributed by atoms with Crippen molar-refractivity contribution < 1.29 is 23.1 Å². The van der Waals surface area contributed by atoms with Gasteiger partial charge >= 0.3 is 0 Å². The van der Waals surface area contributed by atoms with Crippen molar-refractivity contribution in [1.82, 2.24) is 4.90 Å². The van der Waals surface area contributed by atoms with Gasteiger partial charge in [-0.3, -0.25) is 14.5 Å². The number of ether oxygens (including phenoxy) is 1. The van der Waals surface area contributed by atoms with Crippen molar-refractivity contribution in [2.75, 3.05) is 43.1 Å². The summed E-state index contributed by atoms with van der Waals surface area (Å²) in [5.41, 5.74) is 6.02. The zero-order valence-electron chi connectivity index (χ0n) is 17.4. The van der Waals surface area contributed by atoms with Crippen molar-refractivity contribution >= 4 is 23.2 Å². The summed E-state index contributed by atoms with van der Waals surface area (Å²) >= 11 is 0. The van der Waals surface area contributed by atoms with Crippen molar-refractivity contribution in [1.29, 1.82) is 0 Å². The van der Waals surface area contributed by atoms with Crippen LogP contribution in [-0.4, -0.2) is 61.6 Å². The summed E-state index contributed by atoms with van der Waals surface area (Å²) in [6.07, 6.45) is -0.718. The van der Waals surface area contributed by atoms with E-state index in [1.165, 1.54) is 17.0 Å². The number of hydrogen-bond donors (Lipinski definition) is 2. The third-order valence-electron chi connectivity index (χ3n) is 5.32. The van der Waals surface area contributed by atoms with Gasteiger partial charge < -0.3 is 20.7 Å². The maximum atomic E-state index is 13.7. The monoisotopic (exact) mass is 424 g/mol. The molecule has 1 aliphatic heterocycles. The number of hydrogen-bond acceptors (Lipinski definition) is 5. The Balaban J connectivity index is 1.78. The Labute approximate surface area is 175 Å². The van der Waals surface area contributed by atoms with Crippen LogP contribution in [-0.2, 0) is 14.3 Å². The number of amides is 2. The van der Waals surface area contributed by atoms with E-state index in [1.807, 2.05) is 0 Å². The van der Waals surface area contributed by atoms with E-state index < -0.39 is 12.5 Å². The maximum Gasteiger partial charge on any atom is 0.265 e. The molecule has 2 fully saturated rings. The molecule has 3 N–H and O–H groups in total. The molecule has 1 aromatic rings. The number of nitrogens with zero attached hydrogens (tertiary/aromatic N) is 2. The van der Waals surface area contributed by atoms with E-state index in [-0.39, 0.29) is 55.1 Å². The van der Waals surface area contributed by atoms with Crippen LogP contribution in [0.5, 0.6) is 0 Å². The molecule has 166 valence electrons. The Morgan fingerprint density at radius 2 is 2.10 bits per heavy atom. The molecule has 0 spiro atoms. The zero-order chi connectivity index (χ0) is 21.8. The summed E-state index contributed by atoms with van der Waals surface area (Å²) in [7, 11) is 0. The Kier molecular flexibility index (Phi) is 7.38. The third-order valence-corrected chi connectivity index (χ3v) is 5.32. The van der Waals surface area contributed by atoms with E-state index in [0.717, 1.165) is 19.4 Å². The number of morpholine rings is 1. The van der Waals surface area contributed by atoms with Gasteiger partial charge in [0.1, 0.15) is 12.6 Å². The highest BCUT2D eigenvalue weighted by Crippen LogP contribution is 2.34. The lowest BCUT2D eigenvalue weighted by atomic mass is 10.1. The van der Waals surface area contributed by atoms with E-state index in [1.54, 1.807) is 6.07 Å². The molecule has 0 bridgehead atoms. The molecular weight excluding hydrogens is 394 g/mol. The maximum absolute atomic E-state index is 13.7. The fraction of sp³-hybridized carbons (Fsp3) is 0.619. The molecule has 3 rings (SSSR count). The molecule has 2 amide bonds. The highest BCUT2D eigenvalue weighted by Gasteiger charge is 2.37. The number of anilines is 2. The van der Waals surface area contributed by atoms with Crippen LogP contribution in [0.2, 0.25) is 0 Å². The lowest BCUT2D eigenvalue weighted by Crippen LogP contribution is -2.51. The Morgan fingerprint density at radius 3 is 2.67 bits per heavy atom. The first-order chi connectivity index (χ1) is 14.3. The number of alkyl halides is 2. The predicted octanol–water partition coefficient (Wildman–Crippen LogP) is 2.37. The lowest BCUT2D eigenvalue weighted by molar-refractivity contribution is -0.125. The number of nitrogens with one attached hydrogen (secondary N) is 1. The standard InChI is InChI=1S/C21H30F2N4O3/c1-13(2)11-27(15-4-5-15)18(10-24)21(29)25-14-3-6-17(16(9-14)20(22)23)26-7-8-30-12-19(26)28/h3,6,9,13,15,18,20H,4-5,7-8,10-12,24H2,1-2H3,(H,25,29)/t18-/m0/s1. The fourth-order valence-corrected chi connectivity index (χ4v) is 3.80. The SMILES string of the molecule is CC(C)CN(C1CC1)[C@@H](CN)C(=O)Nc1ccc(N2CCOCC2=O)c(C(F)F)c1. The van der Waals surface area contributed by atoms with Crippen LogP contribution < -0.4 is 16.0 Å². The van der Waals surface area contributed by atoms with Gasteiger partial charge in [0.2, 0.25) is 5.91 Å². The van der Waals surface area contributed by atoms with Crippen LogP contribution in [0, 0.1) is 5.92 Å². The summed E-state index contributed by atoms with van der Waals surface area (Å²) in [5, 5.41) is 2.74. The Hall–Kier alpha value is -2.10. The summed E-state index contributed by atoms with van der Waals surface area (Å²) < 4.78 is 32.5. The minimum atomic E-state index is -2.79. The molecule has 1 aromatic carbocycles. The molecule has 9 heteroatoms. The summed E-state index contributed by atoms with van der Waals surface area (Å²) in [6.45, 7) is 5.44. The second-order valence-corrected chi connectivity index (χ2v) is 8.23. The van der Waals surface area contributed by atoms with Gasteiger partial charge in [-0.05, 0) is 37.0 Å². The molecule has 1 saturated carbocycles. The second-order valence-electron chi connectivity index (χ2n) is 8.23. The van der Waals surface area contributed by atoms with Gasteiger partial charge in [-0.1, -0.05) is 13.8 Å². The van der Waals surface area contributed by atoms with Crippen molar-refractivity contribution in [3.05, 3.63) is 23.8 Å². The van der Waals surface area contributed by atoms with Crippen molar-refractivity contribution in [2.45, 2.75) is 45.2 Å². The van der Waals surface area contributed by atoms with E-state index >= 15 is 0 Å².